The number of hydrogen-bond acceptors (Lipinski definition) is 3. The van der Waals surface area contributed by atoms with Crippen LogP contribution in [0.1, 0.15) is 21.8 Å². The van der Waals surface area contributed by atoms with E-state index in [0.29, 0.717) is 18.0 Å². The normalized spacial score (nSPS) is 11.0. The van der Waals surface area contributed by atoms with Gasteiger partial charge < -0.3 is 8.98 Å². The average molecular weight is 316 g/mol. The van der Waals surface area contributed by atoms with Gasteiger partial charge in [0.05, 0.1) is 6.54 Å². The molecule has 0 aliphatic carbocycles. The van der Waals surface area contributed by atoms with Crippen molar-refractivity contribution in [1.82, 2.24) is 9.55 Å². The molecule has 0 saturated heterocycles. The van der Waals surface area contributed by atoms with Crippen molar-refractivity contribution in [3.05, 3.63) is 77.8 Å². The summed E-state index contributed by atoms with van der Waals surface area (Å²) < 4.78 is 7.91. The standard InChI is InChI=1S/C20H16N2O2/c1-14-18(21-20(24-14)15-6-3-2-4-7-15)12-22-11-10-17-16(13-23)8-5-9-19(17)22/h2-11,13H,12H2,1H3. The molecule has 4 heteroatoms. The maximum atomic E-state index is 11.2. The van der Waals surface area contributed by atoms with Crippen LogP contribution in [-0.2, 0) is 6.54 Å². The Balaban J connectivity index is 1.72. The summed E-state index contributed by atoms with van der Waals surface area (Å²) in [4.78, 5) is 15.8. The third-order valence-electron chi connectivity index (χ3n) is 4.21. The lowest BCUT2D eigenvalue weighted by molar-refractivity contribution is 0.112. The van der Waals surface area contributed by atoms with Gasteiger partial charge in [0.15, 0.2) is 6.29 Å². The monoisotopic (exact) mass is 316 g/mol. The van der Waals surface area contributed by atoms with Crippen LogP contribution in [0.25, 0.3) is 22.4 Å². The summed E-state index contributed by atoms with van der Waals surface area (Å²) in [5.74, 6) is 1.44. The first-order valence-corrected chi connectivity index (χ1v) is 7.81. The van der Waals surface area contributed by atoms with E-state index in [2.05, 4.69) is 9.55 Å². The molecule has 0 aliphatic rings. The predicted molar refractivity (Wildman–Crippen MR) is 93.1 cm³/mol. The zero-order chi connectivity index (χ0) is 16.5. The molecule has 0 unspecified atom stereocenters. The molecule has 0 aliphatic heterocycles. The van der Waals surface area contributed by atoms with E-state index in [1.165, 1.54) is 0 Å². The number of hydrogen-bond donors (Lipinski definition) is 0. The maximum absolute atomic E-state index is 11.2. The fraction of sp³-hybridized carbons (Fsp3) is 0.100. The Kier molecular flexibility index (Phi) is 3.50. The van der Waals surface area contributed by atoms with Crippen molar-refractivity contribution in [1.29, 1.82) is 0 Å². The zero-order valence-electron chi connectivity index (χ0n) is 13.3. The van der Waals surface area contributed by atoms with Gasteiger partial charge >= 0.3 is 0 Å². The number of nitrogens with zero attached hydrogens (tertiary/aromatic N) is 2. The Bertz CT molecular complexity index is 1010. The molecule has 4 aromatic rings. The van der Waals surface area contributed by atoms with Gasteiger partial charge in [-0.05, 0) is 31.2 Å². The first-order valence-electron chi connectivity index (χ1n) is 7.81. The number of oxazole rings is 1. The second-order valence-electron chi connectivity index (χ2n) is 5.73. The summed E-state index contributed by atoms with van der Waals surface area (Å²) in [7, 11) is 0. The fourth-order valence-electron chi connectivity index (χ4n) is 2.93. The van der Waals surface area contributed by atoms with Crippen LogP contribution < -0.4 is 0 Å². The van der Waals surface area contributed by atoms with Crippen LogP contribution in [0.3, 0.4) is 0 Å². The zero-order valence-corrected chi connectivity index (χ0v) is 13.3. The third-order valence-corrected chi connectivity index (χ3v) is 4.21. The minimum Gasteiger partial charge on any atom is -0.441 e. The molecule has 0 amide bonds. The summed E-state index contributed by atoms with van der Waals surface area (Å²) in [6, 6.07) is 17.6. The van der Waals surface area contributed by atoms with E-state index in [4.69, 9.17) is 4.42 Å². The number of carbonyl (C=O) groups is 1. The Labute approximate surface area is 139 Å². The van der Waals surface area contributed by atoms with E-state index in [1.807, 2.05) is 67.7 Å². The second kappa shape index (κ2) is 5.81. The van der Waals surface area contributed by atoms with Gasteiger partial charge in [-0.2, -0.15) is 0 Å². The van der Waals surface area contributed by atoms with Crippen LogP contribution >= 0.6 is 0 Å². The smallest absolute Gasteiger partial charge is 0.226 e. The number of fused-ring (bicyclic) bond motifs is 1. The lowest BCUT2D eigenvalue weighted by atomic mass is 10.1. The van der Waals surface area contributed by atoms with E-state index in [1.54, 1.807) is 0 Å². The van der Waals surface area contributed by atoms with Gasteiger partial charge in [0.1, 0.15) is 11.5 Å². The van der Waals surface area contributed by atoms with Crippen molar-refractivity contribution in [2.24, 2.45) is 0 Å². The van der Waals surface area contributed by atoms with Crippen molar-refractivity contribution in [2.45, 2.75) is 13.5 Å². The average Bonchev–Trinajstić information content (AvgIpc) is 3.20. The number of benzene rings is 2. The first kappa shape index (κ1) is 14.5. The van der Waals surface area contributed by atoms with Crippen LogP contribution in [0.5, 0.6) is 0 Å². The lowest BCUT2D eigenvalue weighted by Crippen LogP contribution is -2.00. The predicted octanol–water partition coefficient (Wildman–Crippen LogP) is 4.47. The van der Waals surface area contributed by atoms with Gasteiger partial charge in [0, 0.05) is 28.2 Å². The first-order chi connectivity index (χ1) is 11.8. The van der Waals surface area contributed by atoms with Gasteiger partial charge in [-0.1, -0.05) is 30.3 Å². The number of aromatic nitrogens is 2. The molecule has 0 N–H and O–H groups in total. The van der Waals surface area contributed by atoms with Crippen LogP contribution in [0.15, 0.2) is 65.2 Å². The van der Waals surface area contributed by atoms with Crippen LogP contribution in [0, 0.1) is 6.92 Å². The minimum atomic E-state index is 0.605. The summed E-state index contributed by atoms with van der Waals surface area (Å²) >= 11 is 0. The molecule has 24 heavy (non-hydrogen) atoms. The van der Waals surface area contributed by atoms with Gasteiger partial charge in [-0.3, -0.25) is 4.79 Å². The van der Waals surface area contributed by atoms with E-state index in [0.717, 1.165) is 34.2 Å². The molecule has 0 saturated carbocycles. The molecule has 118 valence electrons. The quantitative estimate of drug-likeness (QED) is 0.522. The van der Waals surface area contributed by atoms with Gasteiger partial charge in [0.25, 0.3) is 0 Å². The Hall–Kier alpha value is -3.14. The molecule has 0 fully saturated rings. The number of rotatable bonds is 4. The number of aldehydes is 1. The van der Waals surface area contributed by atoms with E-state index in [9.17, 15) is 4.79 Å². The molecule has 4 nitrogen and oxygen atoms in total. The summed E-state index contributed by atoms with van der Waals surface area (Å²) in [5.41, 5.74) is 3.58. The largest absolute Gasteiger partial charge is 0.441 e. The van der Waals surface area contributed by atoms with Crippen LogP contribution in [0.4, 0.5) is 0 Å². The minimum absolute atomic E-state index is 0.605. The highest BCUT2D eigenvalue weighted by Gasteiger charge is 2.13. The highest BCUT2D eigenvalue weighted by atomic mass is 16.4. The third kappa shape index (κ3) is 2.42. The van der Waals surface area contributed by atoms with Gasteiger partial charge in [0.2, 0.25) is 5.89 Å². The van der Waals surface area contributed by atoms with Crippen molar-refractivity contribution >= 4 is 17.2 Å². The van der Waals surface area contributed by atoms with Crippen LogP contribution in [-0.4, -0.2) is 15.8 Å². The molecular weight excluding hydrogens is 300 g/mol. The van der Waals surface area contributed by atoms with E-state index >= 15 is 0 Å². The topological polar surface area (TPSA) is 48.0 Å². The molecule has 0 spiro atoms. The van der Waals surface area contributed by atoms with Crippen molar-refractivity contribution in [3.8, 4) is 11.5 Å². The number of carbonyl (C=O) groups excluding carboxylic acids is 1. The highest BCUT2D eigenvalue weighted by molar-refractivity contribution is 5.97. The lowest BCUT2D eigenvalue weighted by Gasteiger charge is -2.04. The highest BCUT2D eigenvalue weighted by Crippen LogP contribution is 2.24. The van der Waals surface area contributed by atoms with Gasteiger partial charge in [-0.15, -0.1) is 0 Å². The molecule has 4 rings (SSSR count). The van der Waals surface area contributed by atoms with Gasteiger partial charge in [-0.25, -0.2) is 4.98 Å². The molecule has 0 bridgehead atoms. The second-order valence-corrected chi connectivity index (χ2v) is 5.73. The number of aryl methyl sites for hydroxylation is 1. The van der Waals surface area contributed by atoms with Crippen molar-refractivity contribution in [2.75, 3.05) is 0 Å². The SMILES string of the molecule is Cc1oc(-c2ccccc2)nc1Cn1ccc2c(C=O)cccc21. The molecule has 2 aromatic carbocycles. The summed E-state index contributed by atoms with van der Waals surface area (Å²) in [6.07, 6.45) is 2.87. The Morgan fingerprint density at radius 3 is 2.71 bits per heavy atom. The van der Waals surface area contributed by atoms with E-state index < -0.39 is 0 Å². The molecule has 2 aromatic heterocycles. The Morgan fingerprint density at radius 2 is 1.92 bits per heavy atom. The molecule has 2 heterocycles. The van der Waals surface area contributed by atoms with E-state index in [-0.39, 0.29) is 0 Å². The fourth-order valence-corrected chi connectivity index (χ4v) is 2.93. The summed E-state index contributed by atoms with van der Waals surface area (Å²) in [5, 5.41) is 0.955. The van der Waals surface area contributed by atoms with Crippen molar-refractivity contribution < 1.29 is 9.21 Å². The van der Waals surface area contributed by atoms with Crippen LogP contribution in [0.2, 0.25) is 0 Å². The summed E-state index contributed by atoms with van der Waals surface area (Å²) in [6.45, 7) is 2.53. The Morgan fingerprint density at radius 1 is 1.08 bits per heavy atom. The van der Waals surface area contributed by atoms with Crippen molar-refractivity contribution in [3.63, 3.8) is 0 Å². The molecular formula is C20H16N2O2. The maximum Gasteiger partial charge on any atom is 0.226 e. The molecule has 0 atom stereocenters. The molecule has 0 radical (unpaired) electrons.